The second-order valence-electron chi connectivity index (χ2n) is 6.69. The molecule has 3 aromatic rings. The molecule has 0 bridgehead atoms. The van der Waals surface area contributed by atoms with Gasteiger partial charge in [0, 0.05) is 22.9 Å². The lowest BCUT2D eigenvalue weighted by molar-refractivity contribution is 0.0947. The first-order valence-corrected chi connectivity index (χ1v) is 9.95. The van der Waals surface area contributed by atoms with E-state index >= 15 is 0 Å². The van der Waals surface area contributed by atoms with Gasteiger partial charge >= 0.3 is 0 Å². The lowest BCUT2D eigenvalue weighted by Crippen LogP contribution is -2.23. The molecule has 0 saturated heterocycles. The molecule has 1 unspecified atom stereocenters. The molecule has 1 amide bonds. The van der Waals surface area contributed by atoms with Crippen LogP contribution in [0.4, 0.5) is 8.78 Å². The zero-order valence-corrected chi connectivity index (χ0v) is 16.3. The molecule has 0 aliphatic carbocycles. The number of rotatable bonds is 6. The molecule has 1 N–H and O–H groups in total. The monoisotopic (exact) mass is 416 g/mol. The van der Waals surface area contributed by atoms with Gasteiger partial charge in [-0.1, -0.05) is 41.2 Å². The number of carbonyl (C=O) groups is 1. The molecule has 1 aliphatic heterocycles. The Morgan fingerprint density at radius 1 is 1.28 bits per heavy atom. The standard InChI is InChI=1S/C21H18F2N2O3S/c1-12-8-13-6-7-14(9-17(13)27-12)18-10-15(25-28-18)11-24-20(26)16-4-2-3-5-19(16)29-21(22)23/h2-7,9-10,12,21H,8,11H2,1H3,(H,24,26). The van der Waals surface area contributed by atoms with E-state index in [1.165, 1.54) is 12.1 Å². The van der Waals surface area contributed by atoms with Gasteiger partial charge in [0.25, 0.3) is 11.7 Å². The van der Waals surface area contributed by atoms with Crippen LogP contribution in [-0.4, -0.2) is 22.9 Å². The van der Waals surface area contributed by atoms with E-state index in [1.54, 1.807) is 18.2 Å². The summed E-state index contributed by atoms with van der Waals surface area (Å²) >= 11 is 0.346. The van der Waals surface area contributed by atoms with Crippen LogP contribution >= 0.6 is 11.8 Å². The van der Waals surface area contributed by atoms with Gasteiger partial charge in [0.2, 0.25) is 0 Å². The molecular weight excluding hydrogens is 398 g/mol. The summed E-state index contributed by atoms with van der Waals surface area (Å²) in [7, 11) is 0. The fourth-order valence-corrected chi connectivity index (χ4v) is 3.84. The molecule has 1 atom stereocenters. The van der Waals surface area contributed by atoms with Crippen LogP contribution in [0.3, 0.4) is 0 Å². The number of nitrogens with one attached hydrogen (secondary N) is 1. The topological polar surface area (TPSA) is 64.4 Å². The van der Waals surface area contributed by atoms with Crippen LogP contribution < -0.4 is 10.1 Å². The van der Waals surface area contributed by atoms with Crippen molar-refractivity contribution in [2.45, 2.75) is 36.6 Å². The molecule has 8 heteroatoms. The van der Waals surface area contributed by atoms with Crippen molar-refractivity contribution in [3.63, 3.8) is 0 Å². The highest BCUT2D eigenvalue weighted by Gasteiger charge is 2.20. The van der Waals surface area contributed by atoms with Crippen LogP contribution in [0.15, 0.2) is 57.9 Å². The minimum Gasteiger partial charge on any atom is -0.490 e. The quantitative estimate of drug-likeness (QED) is 0.579. The normalized spacial score (nSPS) is 15.2. The number of thioether (sulfide) groups is 1. The molecule has 0 saturated carbocycles. The molecule has 0 spiro atoms. The summed E-state index contributed by atoms with van der Waals surface area (Å²) in [6, 6.07) is 13.9. The third-order valence-corrected chi connectivity index (χ3v) is 5.31. The van der Waals surface area contributed by atoms with Crippen molar-refractivity contribution < 1.29 is 22.8 Å². The number of hydrogen-bond donors (Lipinski definition) is 1. The van der Waals surface area contributed by atoms with Crippen molar-refractivity contribution in [2.75, 3.05) is 0 Å². The van der Waals surface area contributed by atoms with Gasteiger partial charge in [0.1, 0.15) is 17.5 Å². The van der Waals surface area contributed by atoms with E-state index in [1.807, 2.05) is 25.1 Å². The van der Waals surface area contributed by atoms with E-state index in [2.05, 4.69) is 10.5 Å². The first-order valence-electron chi connectivity index (χ1n) is 9.07. The van der Waals surface area contributed by atoms with Crippen molar-refractivity contribution in [1.82, 2.24) is 10.5 Å². The number of hydrogen-bond acceptors (Lipinski definition) is 5. The van der Waals surface area contributed by atoms with Gasteiger partial charge in [-0.15, -0.1) is 0 Å². The Balaban J connectivity index is 1.43. The minimum atomic E-state index is -2.60. The third kappa shape index (κ3) is 4.42. The number of amides is 1. The Kier molecular flexibility index (Phi) is 5.53. The van der Waals surface area contributed by atoms with E-state index in [0.717, 1.165) is 23.3 Å². The highest BCUT2D eigenvalue weighted by atomic mass is 32.2. The third-order valence-electron chi connectivity index (χ3n) is 4.52. The van der Waals surface area contributed by atoms with E-state index in [4.69, 9.17) is 9.26 Å². The summed E-state index contributed by atoms with van der Waals surface area (Å²) in [5.41, 5.74) is 2.73. The van der Waals surface area contributed by atoms with Crippen LogP contribution in [-0.2, 0) is 13.0 Å². The zero-order chi connectivity index (χ0) is 20.4. The number of ether oxygens (including phenoxy) is 1. The Labute approximate surface area is 170 Å². The first kappa shape index (κ1) is 19.4. The molecule has 1 aliphatic rings. The second-order valence-corrected chi connectivity index (χ2v) is 7.73. The number of benzene rings is 2. The largest absolute Gasteiger partial charge is 0.490 e. The number of halogens is 2. The van der Waals surface area contributed by atoms with Gasteiger partial charge in [-0.3, -0.25) is 4.79 Å². The van der Waals surface area contributed by atoms with E-state index in [9.17, 15) is 13.6 Å². The number of nitrogens with zero attached hydrogens (tertiary/aromatic N) is 1. The molecule has 1 aromatic heterocycles. The lowest BCUT2D eigenvalue weighted by atomic mass is 10.1. The first-order chi connectivity index (χ1) is 14.0. The number of carbonyl (C=O) groups excluding carboxylic acids is 1. The summed E-state index contributed by atoms with van der Waals surface area (Å²) in [5, 5.41) is 6.68. The molecule has 5 nitrogen and oxygen atoms in total. The summed E-state index contributed by atoms with van der Waals surface area (Å²) in [5.74, 6) is -1.64. The number of alkyl halides is 2. The van der Waals surface area contributed by atoms with Crippen LogP contribution in [0.1, 0.15) is 28.5 Å². The molecular formula is C21H18F2N2O3S. The smallest absolute Gasteiger partial charge is 0.288 e. The predicted molar refractivity (Wildman–Crippen MR) is 105 cm³/mol. The van der Waals surface area contributed by atoms with Crippen molar-refractivity contribution in [2.24, 2.45) is 0 Å². The van der Waals surface area contributed by atoms with Gasteiger partial charge in [-0.05, 0) is 30.7 Å². The summed E-state index contributed by atoms with van der Waals surface area (Å²) in [4.78, 5) is 12.6. The maximum absolute atomic E-state index is 12.7. The highest BCUT2D eigenvalue weighted by molar-refractivity contribution is 7.99. The van der Waals surface area contributed by atoms with E-state index < -0.39 is 11.7 Å². The predicted octanol–water partition coefficient (Wildman–Crippen LogP) is 4.91. The van der Waals surface area contributed by atoms with Gasteiger partial charge in [-0.2, -0.15) is 8.78 Å². The Bertz CT molecular complexity index is 1040. The molecule has 0 radical (unpaired) electrons. The Hall–Kier alpha value is -2.87. The van der Waals surface area contributed by atoms with Gasteiger partial charge in [-0.25, -0.2) is 0 Å². The molecule has 2 aromatic carbocycles. The summed E-state index contributed by atoms with van der Waals surface area (Å²) in [6.45, 7) is 2.14. The van der Waals surface area contributed by atoms with E-state index in [0.29, 0.717) is 23.2 Å². The number of fused-ring (bicyclic) bond motifs is 1. The average Bonchev–Trinajstić information content (AvgIpc) is 3.31. The lowest BCUT2D eigenvalue weighted by Gasteiger charge is -2.08. The molecule has 2 heterocycles. The van der Waals surface area contributed by atoms with Crippen molar-refractivity contribution in [3.05, 3.63) is 65.4 Å². The Morgan fingerprint density at radius 2 is 2.10 bits per heavy atom. The maximum Gasteiger partial charge on any atom is 0.288 e. The maximum atomic E-state index is 12.7. The van der Waals surface area contributed by atoms with Crippen LogP contribution in [0.25, 0.3) is 11.3 Å². The molecule has 0 fully saturated rings. The van der Waals surface area contributed by atoms with Crippen molar-refractivity contribution >= 4 is 17.7 Å². The molecule has 29 heavy (non-hydrogen) atoms. The van der Waals surface area contributed by atoms with Gasteiger partial charge in [0.05, 0.1) is 12.1 Å². The van der Waals surface area contributed by atoms with Gasteiger partial charge in [0.15, 0.2) is 5.76 Å². The van der Waals surface area contributed by atoms with Crippen molar-refractivity contribution in [1.29, 1.82) is 0 Å². The SMILES string of the molecule is CC1Cc2ccc(-c3cc(CNC(=O)c4ccccc4SC(F)F)no3)cc2O1. The fourth-order valence-electron chi connectivity index (χ4n) is 3.20. The summed E-state index contributed by atoms with van der Waals surface area (Å²) in [6.07, 6.45) is 1.04. The zero-order valence-electron chi connectivity index (χ0n) is 15.5. The fraction of sp³-hybridized carbons (Fsp3) is 0.238. The highest BCUT2D eigenvalue weighted by Crippen LogP contribution is 2.33. The Morgan fingerprint density at radius 3 is 2.93 bits per heavy atom. The number of aromatic nitrogens is 1. The molecule has 150 valence electrons. The minimum absolute atomic E-state index is 0.120. The van der Waals surface area contributed by atoms with Crippen molar-refractivity contribution in [3.8, 4) is 17.1 Å². The van der Waals surface area contributed by atoms with Crippen LogP contribution in [0, 0.1) is 0 Å². The van der Waals surface area contributed by atoms with Gasteiger partial charge < -0.3 is 14.6 Å². The molecule has 4 rings (SSSR count). The van der Waals surface area contributed by atoms with Crippen LogP contribution in [0.5, 0.6) is 5.75 Å². The van der Waals surface area contributed by atoms with E-state index in [-0.39, 0.29) is 23.1 Å². The average molecular weight is 416 g/mol. The van der Waals surface area contributed by atoms with Crippen LogP contribution in [0.2, 0.25) is 0 Å². The summed E-state index contributed by atoms with van der Waals surface area (Å²) < 4.78 is 36.5. The second kappa shape index (κ2) is 8.24.